The number of amides is 1. The molecule has 94 valence electrons. The monoisotopic (exact) mass is 262 g/mol. The predicted molar refractivity (Wildman–Crippen MR) is 70.7 cm³/mol. The van der Waals surface area contributed by atoms with Crippen molar-refractivity contribution in [2.24, 2.45) is 0 Å². The minimum atomic E-state index is 0.121. The standard InChI is InChI=1S/C12H14N4OS/c17-10(15-6-1-2-7-15)8-16-11-9(14-12(16)18)4-3-5-13-11/h3-5H,1-2,6-8H2,(H,14,18). The highest BCUT2D eigenvalue weighted by Crippen LogP contribution is 2.13. The van der Waals surface area contributed by atoms with Gasteiger partial charge in [-0.2, -0.15) is 0 Å². The van der Waals surface area contributed by atoms with Crippen LogP contribution in [-0.4, -0.2) is 38.4 Å². The summed E-state index contributed by atoms with van der Waals surface area (Å²) in [6.07, 6.45) is 3.91. The van der Waals surface area contributed by atoms with Gasteiger partial charge in [-0.15, -0.1) is 0 Å². The number of nitrogens with one attached hydrogen (secondary N) is 1. The molecule has 3 rings (SSSR count). The number of fused-ring (bicyclic) bond motifs is 1. The number of H-pyrrole nitrogens is 1. The summed E-state index contributed by atoms with van der Waals surface area (Å²) in [5, 5.41) is 0. The van der Waals surface area contributed by atoms with E-state index in [1.807, 2.05) is 17.0 Å². The van der Waals surface area contributed by atoms with Crippen LogP contribution >= 0.6 is 12.2 Å². The molecule has 1 aliphatic rings. The fourth-order valence-corrected chi connectivity index (χ4v) is 2.60. The number of carbonyl (C=O) groups excluding carboxylic acids is 1. The molecular formula is C12H14N4OS. The highest BCUT2D eigenvalue weighted by Gasteiger charge is 2.19. The van der Waals surface area contributed by atoms with Crippen molar-refractivity contribution in [3.8, 4) is 0 Å². The van der Waals surface area contributed by atoms with Crippen LogP contribution < -0.4 is 0 Å². The Morgan fingerprint density at radius 1 is 1.44 bits per heavy atom. The van der Waals surface area contributed by atoms with Crippen molar-refractivity contribution < 1.29 is 4.79 Å². The largest absolute Gasteiger partial charge is 0.341 e. The number of carbonyl (C=O) groups is 1. The van der Waals surface area contributed by atoms with Crippen molar-refractivity contribution in [2.75, 3.05) is 13.1 Å². The highest BCUT2D eigenvalue weighted by atomic mass is 32.1. The number of pyridine rings is 1. The summed E-state index contributed by atoms with van der Waals surface area (Å²) in [4.78, 5) is 21.4. The van der Waals surface area contributed by atoms with Gasteiger partial charge in [0.1, 0.15) is 6.54 Å². The molecule has 0 atom stereocenters. The van der Waals surface area contributed by atoms with Crippen molar-refractivity contribution in [2.45, 2.75) is 19.4 Å². The number of hydrogen-bond acceptors (Lipinski definition) is 3. The smallest absolute Gasteiger partial charge is 0.242 e. The maximum absolute atomic E-state index is 12.1. The van der Waals surface area contributed by atoms with Gasteiger partial charge >= 0.3 is 0 Å². The van der Waals surface area contributed by atoms with E-state index in [4.69, 9.17) is 12.2 Å². The topological polar surface area (TPSA) is 53.9 Å². The fraction of sp³-hybridized carbons (Fsp3) is 0.417. The summed E-state index contributed by atoms with van der Waals surface area (Å²) in [5.41, 5.74) is 1.62. The number of aromatic amines is 1. The second-order valence-corrected chi connectivity index (χ2v) is 4.87. The number of hydrogen-bond donors (Lipinski definition) is 1. The first-order valence-corrected chi connectivity index (χ1v) is 6.48. The Balaban J connectivity index is 1.92. The van der Waals surface area contributed by atoms with Gasteiger partial charge in [0.15, 0.2) is 10.4 Å². The van der Waals surface area contributed by atoms with Crippen LogP contribution in [0.2, 0.25) is 0 Å². The molecule has 0 saturated carbocycles. The van der Waals surface area contributed by atoms with Gasteiger partial charge in [-0.3, -0.25) is 9.36 Å². The normalized spacial score (nSPS) is 15.4. The van der Waals surface area contributed by atoms with Gasteiger partial charge in [0.2, 0.25) is 5.91 Å². The van der Waals surface area contributed by atoms with Crippen LogP contribution in [0, 0.1) is 4.77 Å². The molecule has 18 heavy (non-hydrogen) atoms. The van der Waals surface area contributed by atoms with E-state index in [9.17, 15) is 4.79 Å². The summed E-state index contributed by atoms with van der Waals surface area (Å²) in [7, 11) is 0. The van der Waals surface area contributed by atoms with Crippen LogP contribution in [0.1, 0.15) is 12.8 Å². The van der Waals surface area contributed by atoms with Crippen molar-refractivity contribution >= 4 is 29.3 Å². The number of aromatic nitrogens is 3. The Morgan fingerprint density at radius 2 is 2.22 bits per heavy atom. The summed E-state index contributed by atoms with van der Waals surface area (Å²) in [6.45, 7) is 2.00. The maximum Gasteiger partial charge on any atom is 0.242 e. The number of likely N-dealkylation sites (tertiary alicyclic amines) is 1. The number of rotatable bonds is 2. The van der Waals surface area contributed by atoms with Crippen LogP contribution in [-0.2, 0) is 11.3 Å². The zero-order valence-corrected chi connectivity index (χ0v) is 10.7. The molecule has 2 aromatic rings. The molecule has 1 amide bonds. The summed E-state index contributed by atoms with van der Waals surface area (Å²) < 4.78 is 2.32. The van der Waals surface area contributed by atoms with Gasteiger partial charge in [-0.25, -0.2) is 4.98 Å². The lowest BCUT2D eigenvalue weighted by Gasteiger charge is -2.15. The third-order valence-electron chi connectivity index (χ3n) is 3.28. The van der Waals surface area contributed by atoms with Crippen molar-refractivity contribution in [3.05, 3.63) is 23.1 Å². The van der Waals surface area contributed by atoms with E-state index in [1.54, 1.807) is 10.8 Å². The van der Waals surface area contributed by atoms with Crippen LogP contribution in [0.25, 0.3) is 11.2 Å². The van der Waals surface area contributed by atoms with E-state index in [-0.39, 0.29) is 12.5 Å². The Kier molecular flexibility index (Phi) is 2.87. The maximum atomic E-state index is 12.1. The first-order chi connectivity index (χ1) is 8.75. The zero-order valence-electron chi connectivity index (χ0n) is 9.93. The molecule has 3 heterocycles. The first-order valence-electron chi connectivity index (χ1n) is 6.07. The van der Waals surface area contributed by atoms with Crippen molar-refractivity contribution in [3.63, 3.8) is 0 Å². The van der Waals surface area contributed by atoms with E-state index in [1.165, 1.54) is 0 Å². The van der Waals surface area contributed by atoms with E-state index in [2.05, 4.69) is 9.97 Å². The summed E-state index contributed by atoms with van der Waals surface area (Å²) in [6, 6.07) is 3.76. The molecule has 1 fully saturated rings. The van der Waals surface area contributed by atoms with E-state index in [0.717, 1.165) is 37.1 Å². The molecule has 2 aromatic heterocycles. The van der Waals surface area contributed by atoms with Gasteiger partial charge in [-0.1, -0.05) is 0 Å². The van der Waals surface area contributed by atoms with Crippen molar-refractivity contribution in [1.82, 2.24) is 19.4 Å². The molecule has 1 saturated heterocycles. The molecule has 5 nitrogen and oxygen atoms in total. The third-order valence-corrected chi connectivity index (χ3v) is 3.60. The lowest BCUT2D eigenvalue weighted by molar-refractivity contribution is -0.130. The molecule has 0 spiro atoms. The molecule has 1 N–H and O–H groups in total. The Labute approximate surface area is 109 Å². The van der Waals surface area contributed by atoms with Crippen LogP contribution in [0.15, 0.2) is 18.3 Å². The quantitative estimate of drug-likeness (QED) is 0.838. The molecule has 0 aliphatic carbocycles. The minimum absolute atomic E-state index is 0.121. The second-order valence-electron chi connectivity index (χ2n) is 4.48. The molecule has 1 aliphatic heterocycles. The van der Waals surface area contributed by atoms with Gasteiger partial charge in [0.25, 0.3) is 0 Å². The molecule has 0 unspecified atom stereocenters. The Hall–Kier alpha value is -1.69. The minimum Gasteiger partial charge on any atom is -0.341 e. The van der Waals surface area contributed by atoms with E-state index in [0.29, 0.717) is 4.77 Å². The average Bonchev–Trinajstić information content (AvgIpc) is 2.98. The van der Waals surface area contributed by atoms with Gasteiger partial charge in [-0.05, 0) is 37.2 Å². The SMILES string of the molecule is O=C(Cn1c(=S)[nH]c2cccnc21)N1CCCC1. The van der Waals surface area contributed by atoms with E-state index < -0.39 is 0 Å². The summed E-state index contributed by atoms with van der Waals surface area (Å²) in [5.74, 6) is 0.121. The van der Waals surface area contributed by atoms with Gasteiger partial charge in [0, 0.05) is 19.3 Å². The van der Waals surface area contributed by atoms with Crippen molar-refractivity contribution in [1.29, 1.82) is 0 Å². The fourth-order valence-electron chi connectivity index (χ4n) is 2.34. The number of nitrogens with zero attached hydrogens (tertiary/aromatic N) is 3. The van der Waals surface area contributed by atoms with Crippen LogP contribution in [0.3, 0.4) is 0 Å². The molecule has 0 radical (unpaired) electrons. The lowest BCUT2D eigenvalue weighted by Crippen LogP contribution is -2.31. The zero-order chi connectivity index (χ0) is 12.5. The lowest BCUT2D eigenvalue weighted by atomic mass is 10.4. The van der Waals surface area contributed by atoms with Gasteiger partial charge in [0.05, 0.1) is 5.52 Å². The highest BCUT2D eigenvalue weighted by molar-refractivity contribution is 7.71. The molecule has 0 bridgehead atoms. The molecule has 0 aromatic carbocycles. The first kappa shape index (κ1) is 11.4. The summed E-state index contributed by atoms with van der Waals surface area (Å²) >= 11 is 5.24. The van der Waals surface area contributed by atoms with Crippen LogP contribution in [0.5, 0.6) is 0 Å². The Bertz CT molecular complexity index is 639. The van der Waals surface area contributed by atoms with Gasteiger partial charge < -0.3 is 9.88 Å². The molecular weight excluding hydrogens is 248 g/mol. The number of imidazole rings is 1. The molecule has 6 heteroatoms. The Morgan fingerprint density at radius 3 is 3.00 bits per heavy atom. The predicted octanol–water partition coefficient (Wildman–Crippen LogP) is 1.72. The van der Waals surface area contributed by atoms with E-state index >= 15 is 0 Å². The third kappa shape index (κ3) is 1.92. The average molecular weight is 262 g/mol. The second kappa shape index (κ2) is 4.53. The van der Waals surface area contributed by atoms with Crippen LogP contribution in [0.4, 0.5) is 0 Å².